The van der Waals surface area contributed by atoms with Crippen LogP contribution in [0.15, 0.2) is 60.3 Å². The van der Waals surface area contributed by atoms with Crippen LogP contribution < -0.4 is 10.6 Å². The van der Waals surface area contributed by atoms with Crippen molar-refractivity contribution < 1.29 is 9.59 Å². The zero-order valence-corrected chi connectivity index (χ0v) is 11.6. The number of halogens is 1. The Morgan fingerprint density at radius 3 is 2.52 bits per heavy atom. The Morgan fingerprint density at radius 2 is 1.76 bits per heavy atom. The van der Waals surface area contributed by atoms with Gasteiger partial charge in [-0.05, 0) is 18.2 Å². The number of carbonyl (C=O) groups is 2. The van der Waals surface area contributed by atoms with E-state index < -0.39 is 0 Å². The molecular formula is C16H11ClN2O2. The van der Waals surface area contributed by atoms with Gasteiger partial charge in [0, 0.05) is 16.7 Å². The average Bonchev–Trinajstić information content (AvgIpc) is 2.49. The lowest BCUT2D eigenvalue weighted by molar-refractivity contribution is -0.112. The SMILES string of the molecule is O=C1Nc2cc(Cl)ccc2NC1=CC(=O)c1ccccc1. The van der Waals surface area contributed by atoms with Gasteiger partial charge >= 0.3 is 0 Å². The Kier molecular flexibility index (Phi) is 3.46. The molecule has 0 saturated carbocycles. The van der Waals surface area contributed by atoms with E-state index in [1.165, 1.54) is 6.08 Å². The summed E-state index contributed by atoms with van der Waals surface area (Å²) in [7, 11) is 0. The summed E-state index contributed by atoms with van der Waals surface area (Å²) in [6, 6.07) is 13.9. The molecule has 0 spiro atoms. The van der Waals surface area contributed by atoms with Crippen LogP contribution in [-0.4, -0.2) is 11.7 Å². The summed E-state index contributed by atoms with van der Waals surface area (Å²) in [4.78, 5) is 24.1. The van der Waals surface area contributed by atoms with Crippen LogP contribution in [0.2, 0.25) is 5.02 Å². The third-order valence-corrected chi connectivity index (χ3v) is 3.31. The van der Waals surface area contributed by atoms with E-state index in [0.717, 1.165) is 0 Å². The summed E-state index contributed by atoms with van der Waals surface area (Å²) in [6.07, 6.45) is 1.29. The van der Waals surface area contributed by atoms with Gasteiger partial charge in [-0.2, -0.15) is 0 Å². The van der Waals surface area contributed by atoms with E-state index in [2.05, 4.69) is 10.6 Å². The summed E-state index contributed by atoms with van der Waals surface area (Å²) in [5, 5.41) is 6.18. The van der Waals surface area contributed by atoms with Gasteiger partial charge in [-0.3, -0.25) is 9.59 Å². The molecule has 1 amide bonds. The summed E-state index contributed by atoms with van der Waals surface area (Å²) in [6.45, 7) is 0. The van der Waals surface area contributed by atoms with Crippen molar-refractivity contribution >= 4 is 34.7 Å². The van der Waals surface area contributed by atoms with Crippen LogP contribution in [0.25, 0.3) is 0 Å². The van der Waals surface area contributed by atoms with E-state index in [4.69, 9.17) is 11.6 Å². The molecule has 2 aromatic rings. The molecule has 21 heavy (non-hydrogen) atoms. The number of anilines is 2. The highest BCUT2D eigenvalue weighted by atomic mass is 35.5. The number of amides is 1. The predicted octanol–water partition coefficient (Wildman–Crippen LogP) is 3.47. The molecule has 104 valence electrons. The molecular weight excluding hydrogens is 288 g/mol. The zero-order valence-electron chi connectivity index (χ0n) is 10.9. The lowest BCUT2D eigenvalue weighted by Crippen LogP contribution is -2.26. The monoisotopic (exact) mass is 298 g/mol. The van der Waals surface area contributed by atoms with Crippen molar-refractivity contribution in [2.75, 3.05) is 10.6 Å². The van der Waals surface area contributed by atoms with Gasteiger partial charge < -0.3 is 10.6 Å². The van der Waals surface area contributed by atoms with Crippen LogP contribution in [0.4, 0.5) is 11.4 Å². The Hall–Kier alpha value is -2.59. The maximum Gasteiger partial charge on any atom is 0.272 e. The fraction of sp³-hybridized carbons (Fsp3) is 0. The molecule has 1 aliphatic rings. The van der Waals surface area contributed by atoms with E-state index in [-0.39, 0.29) is 17.4 Å². The Bertz CT molecular complexity index is 754. The van der Waals surface area contributed by atoms with Crippen molar-refractivity contribution in [2.45, 2.75) is 0 Å². The largest absolute Gasteiger partial charge is 0.349 e. The second-order valence-corrected chi connectivity index (χ2v) is 4.99. The molecule has 4 nitrogen and oxygen atoms in total. The first-order chi connectivity index (χ1) is 10.1. The van der Waals surface area contributed by atoms with E-state index in [9.17, 15) is 9.59 Å². The van der Waals surface area contributed by atoms with E-state index in [1.807, 2.05) is 6.07 Å². The third-order valence-electron chi connectivity index (χ3n) is 3.08. The summed E-state index contributed by atoms with van der Waals surface area (Å²) < 4.78 is 0. The van der Waals surface area contributed by atoms with E-state index in [1.54, 1.807) is 42.5 Å². The number of carbonyl (C=O) groups excluding carboxylic acids is 2. The number of ketones is 1. The number of benzene rings is 2. The standard InChI is InChI=1S/C16H11ClN2O2/c17-11-6-7-12-13(8-11)19-16(21)14(18-12)9-15(20)10-4-2-1-3-5-10/h1-9,18H,(H,19,21). The van der Waals surface area contributed by atoms with Crippen LogP contribution in [-0.2, 0) is 4.79 Å². The molecule has 1 heterocycles. The van der Waals surface area contributed by atoms with Gasteiger partial charge in [-0.25, -0.2) is 0 Å². The second kappa shape index (κ2) is 5.42. The van der Waals surface area contributed by atoms with Crippen molar-refractivity contribution in [3.05, 3.63) is 70.9 Å². The van der Waals surface area contributed by atoms with Gasteiger partial charge in [0.1, 0.15) is 5.70 Å². The lowest BCUT2D eigenvalue weighted by atomic mass is 10.1. The molecule has 2 aromatic carbocycles. The molecule has 1 aliphatic heterocycles. The number of hydrogen-bond acceptors (Lipinski definition) is 3. The molecule has 0 saturated heterocycles. The number of rotatable bonds is 2. The van der Waals surface area contributed by atoms with Crippen molar-refractivity contribution in [1.82, 2.24) is 0 Å². The molecule has 0 fully saturated rings. The first kappa shape index (κ1) is 13.4. The van der Waals surface area contributed by atoms with Crippen molar-refractivity contribution in [1.29, 1.82) is 0 Å². The summed E-state index contributed by atoms with van der Waals surface area (Å²) in [5.41, 5.74) is 2.03. The van der Waals surface area contributed by atoms with Crippen LogP contribution in [0, 0.1) is 0 Å². The van der Waals surface area contributed by atoms with Crippen molar-refractivity contribution in [3.8, 4) is 0 Å². The zero-order chi connectivity index (χ0) is 14.8. The molecule has 0 atom stereocenters. The number of hydrogen-bond donors (Lipinski definition) is 2. The highest BCUT2D eigenvalue weighted by Crippen LogP contribution is 2.30. The molecule has 0 bridgehead atoms. The molecule has 2 N–H and O–H groups in total. The fourth-order valence-corrected chi connectivity index (χ4v) is 2.21. The third kappa shape index (κ3) is 2.80. The van der Waals surface area contributed by atoms with E-state index >= 15 is 0 Å². The van der Waals surface area contributed by atoms with E-state index in [0.29, 0.717) is 22.0 Å². The minimum atomic E-state index is -0.367. The van der Waals surface area contributed by atoms with Gasteiger partial charge in [0.25, 0.3) is 5.91 Å². The molecule has 0 aliphatic carbocycles. The van der Waals surface area contributed by atoms with Gasteiger partial charge in [0.2, 0.25) is 0 Å². The molecule has 0 aromatic heterocycles. The second-order valence-electron chi connectivity index (χ2n) is 4.56. The van der Waals surface area contributed by atoms with Gasteiger partial charge in [-0.1, -0.05) is 41.9 Å². The number of fused-ring (bicyclic) bond motifs is 1. The topological polar surface area (TPSA) is 58.2 Å². The van der Waals surface area contributed by atoms with Gasteiger partial charge in [0.05, 0.1) is 11.4 Å². The Balaban J connectivity index is 1.90. The minimum Gasteiger partial charge on any atom is -0.349 e. The average molecular weight is 299 g/mol. The molecule has 0 unspecified atom stereocenters. The number of allylic oxidation sites excluding steroid dienone is 1. The molecule has 3 rings (SSSR count). The van der Waals surface area contributed by atoms with Crippen LogP contribution >= 0.6 is 11.6 Å². The first-order valence-electron chi connectivity index (χ1n) is 6.32. The van der Waals surface area contributed by atoms with Crippen LogP contribution in [0.5, 0.6) is 0 Å². The van der Waals surface area contributed by atoms with Gasteiger partial charge in [-0.15, -0.1) is 0 Å². The normalized spacial score (nSPS) is 15.1. The highest BCUT2D eigenvalue weighted by Gasteiger charge is 2.20. The fourth-order valence-electron chi connectivity index (χ4n) is 2.04. The highest BCUT2D eigenvalue weighted by molar-refractivity contribution is 6.31. The summed E-state index contributed by atoms with van der Waals surface area (Å²) >= 11 is 5.88. The van der Waals surface area contributed by atoms with Crippen LogP contribution in [0.1, 0.15) is 10.4 Å². The van der Waals surface area contributed by atoms with Gasteiger partial charge in [0.15, 0.2) is 5.78 Å². The van der Waals surface area contributed by atoms with Crippen molar-refractivity contribution in [2.24, 2.45) is 0 Å². The molecule has 5 heteroatoms. The first-order valence-corrected chi connectivity index (χ1v) is 6.70. The number of nitrogens with one attached hydrogen (secondary N) is 2. The maximum absolute atomic E-state index is 12.1. The Labute approximate surface area is 126 Å². The smallest absolute Gasteiger partial charge is 0.272 e. The molecule has 0 radical (unpaired) electrons. The van der Waals surface area contributed by atoms with Crippen molar-refractivity contribution in [3.63, 3.8) is 0 Å². The predicted molar refractivity (Wildman–Crippen MR) is 82.6 cm³/mol. The minimum absolute atomic E-state index is 0.207. The van der Waals surface area contributed by atoms with Crippen LogP contribution in [0.3, 0.4) is 0 Å². The Morgan fingerprint density at radius 1 is 1.00 bits per heavy atom. The lowest BCUT2D eigenvalue weighted by Gasteiger charge is -2.21. The summed E-state index contributed by atoms with van der Waals surface area (Å²) in [5.74, 6) is -0.597. The quantitative estimate of drug-likeness (QED) is 0.659. The maximum atomic E-state index is 12.1.